The average molecular weight is 314 g/mol. The Morgan fingerprint density at radius 1 is 0.917 bits per heavy atom. The average Bonchev–Trinajstić information content (AvgIpc) is 2.63. The van der Waals surface area contributed by atoms with Crippen LogP contribution in [0.5, 0.6) is 0 Å². The molecule has 0 fully saturated rings. The quantitative estimate of drug-likeness (QED) is 0.711. The van der Waals surface area contributed by atoms with Gasteiger partial charge in [0, 0.05) is 18.7 Å². The number of aryl methyl sites for hydroxylation is 1. The summed E-state index contributed by atoms with van der Waals surface area (Å²) >= 11 is 0. The molecule has 114 valence electrons. The minimum absolute atomic E-state index is 0.0510. The Bertz CT molecular complexity index is 1060. The molecule has 3 rings (SSSR count). The van der Waals surface area contributed by atoms with Gasteiger partial charge in [-0.1, -0.05) is 30.3 Å². The van der Waals surface area contributed by atoms with Crippen molar-refractivity contribution in [1.82, 2.24) is 19.7 Å². The lowest BCUT2D eigenvalue weighted by Crippen LogP contribution is -2.18. The largest absolute Gasteiger partial charge is 0.268 e. The Labute approximate surface area is 137 Å². The van der Waals surface area contributed by atoms with E-state index in [-0.39, 0.29) is 16.9 Å². The zero-order valence-electron chi connectivity index (χ0n) is 12.6. The van der Waals surface area contributed by atoms with Crippen molar-refractivity contribution in [1.29, 1.82) is 10.5 Å². The number of hydrogen-bond donors (Lipinski definition) is 0. The van der Waals surface area contributed by atoms with Gasteiger partial charge in [-0.2, -0.15) is 15.6 Å². The summed E-state index contributed by atoms with van der Waals surface area (Å²) in [6.45, 7) is 0. The summed E-state index contributed by atoms with van der Waals surface area (Å²) in [4.78, 5) is 20.1. The topological polar surface area (TPSA) is 108 Å². The maximum absolute atomic E-state index is 11.6. The number of aromatic nitrogens is 4. The molecule has 0 spiro atoms. The molecule has 7 heteroatoms. The van der Waals surface area contributed by atoms with Gasteiger partial charge >= 0.3 is 0 Å². The monoisotopic (exact) mass is 314 g/mol. The molecule has 0 N–H and O–H groups in total. The highest BCUT2D eigenvalue weighted by molar-refractivity contribution is 5.76. The van der Waals surface area contributed by atoms with E-state index in [4.69, 9.17) is 0 Å². The van der Waals surface area contributed by atoms with Gasteiger partial charge in [-0.25, -0.2) is 14.6 Å². The van der Waals surface area contributed by atoms with E-state index in [0.29, 0.717) is 17.1 Å². The highest BCUT2D eigenvalue weighted by atomic mass is 16.1. The standard InChI is InChI=1S/C17H10N6O/c1-23-15(24)8-7-12(22-23)17-16(11-5-3-2-4-6-11)20-13(9-18)14(10-19)21-17/h2-8H,1H3. The van der Waals surface area contributed by atoms with Crippen molar-refractivity contribution in [3.05, 3.63) is 64.2 Å². The van der Waals surface area contributed by atoms with Crippen LogP contribution in [0.1, 0.15) is 11.4 Å². The van der Waals surface area contributed by atoms with Gasteiger partial charge in [-0.15, -0.1) is 0 Å². The maximum Gasteiger partial charge on any atom is 0.266 e. The van der Waals surface area contributed by atoms with Crippen LogP contribution in [0.25, 0.3) is 22.6 Å². The van der Waals surface area contributed by atoms with Crippen LogP contribution in [-0.2, 0) is 7.05 Å². The van der Waals surface area contributed by atoms with E-state index in [0.717, 1.165) is 5.56 Å². The fourth-order valence-electron chi connectivity index (χ4n) is 2.20. The second-order valence-electron chi connectivity index (χ2n) is 4.89. The molecule has 2 aromatic heterocycles. The Morgan fingerprint density at radius 2 is 1.54 bits per heavy atom. The van der Waals surface area contributed by atoms with Crippen LogP contribution in [0.3, 0.4) is 0 Å². The smallest absolute Gasteiger partial charge is 0.266 e. The third-order valence-electron chi connectivity index (χ3n) is 3.36. The van der Waals surface area contributed by atoms with E-state index in [9.17, 15) is 15.3 Å². The number of benzene rings is 1. The normalized spacial score (nSPS) is 9.96. The van der Waals surface area contributed by atoms with Crippen LogP contribution in [0, 0.1) is 22.7 Å². The van der Waals surface area contributed by atoms with E-state index in [1.807, 2.05) is 42.5 Å². The third-order valence-corrected chi connectivity index (χ3v) is 3.36. The van der Waals surface area contributed by atoms with Crippen molar-refractivity contribution in [3.63, 3.8) is 0 Å². The van der Waals surface area contributed by atoms with E-state index in [2.05, 4.69) is 15.1 Å². The van der Waals surface area contributed by atoms with Crippen molar-refractivity contribution in [2.24, 2.45) is 7.05 Å². The van der Waals surface area contributed by atoms with Crippen molar-refractivity contribution in [2.45, 2.75) is 0 Å². The predicted molar refractivity (Wildman–Crippen MR) is 85.4 cm³/mol. The highest BCUT2D eigenvalue weighted by Gasteiger charge is 2.18. The van der Waals surface area contributed by atoms with Gasteiger partial charge in [-0.3, -0.25) is 4.79 Å². The van der Waals surface area contributed by atoms with Gasteiger partial charge < -0.3 is 0 Å². The number of nitriles is 2. The number of hydrogen-bond acceptors (Lipinski definition) is 6. The minimum Gasteiger partial charge on any atom is -0.268 e. The molecule has 3 aromatic rings. The predicted octanol–water partition coefficient (Wildman–Crippen LogP) is 1.65. The van der Waals surface area contributed by atoms with E-state index in [1.165, 1.54) is 23.9 Å². The maximum atomic E-state index is 11.6. The lowest BCUT2D eigenvalue weighted by Gasteiger charge is -2.09. The van der Waals surface area contributed by atoms with Gasteiger partial charge in [0.05, 0.1) is 5.69 Å². The van der Waals surface area contributed by atoms with Crippen LogP contribution in [0.15, 0.2) is 47.3 Å². The van der Waals surface area contributed by atoms with E-state index in [1.54, 1.807) is 0 Å². The van der Waals surface area contributed by atoms with E-state index < -0.39 is 0 Å². The lowest BCUT2D eigenvalue weighted by molar-refractivity contribution is 0.710. The van der Waals surface area contributed by atoms with Gasteiger partial charge in [-0.05, 0) is 6.07 Å². The first-order valence-corrected chi connectivity index (χ1v) is 6.96. The molecule has 0 bridgehead atoms. The first-order chi connectivity index (χ1) is 11.6. The Balaban J connectivity index is 2.35. The first-order valence-electron chi connectivity index (χ1n) is 6.96. The third kappa shape index (κ3) is 2.62. The van der Waals surface area contributed by atoms with Gasteiger partial charge in [0.1, 0.15) is 23.5 Å². The summed E-state index contributed by atoms with van der Waals surface area (Å²) in [5.74, 6) is 0. The molecule has 0 atom stereocenters. The molecule has 7 nitrogen and oxygen atoms in total. The van der Waals surface area contributed by atoms with Crippen molar-refractivity contribution >= 4 is 0 Å². The van der Waals surface area contributed by atoms with Gasteiger partial charge in [0.25, 0.3) is 5.56 Å². The number of nitrogens with zero attached hydrogens (tertiary/aromatic N) is 6. The summed E-state index contributed by atoms with van der Waals surface area (Å²) < 4.78 is 1.18. The molecule has 24 heavy (non-hydrogen) atoms. The Hall–Kier alpha value is -3.84. The van der Waals surface area contributed by atoms with Crippen LogP contribution in [0.2, 0.25) is 0 Å². The molecule has 1 aromatic carbocycles. The van der Waals surface area contributed by atoms with Crippen molar-refractivity contribution in [2.75, 3.05) is 0 Å². The van der Waals surface area contributed by atoms with Crippen molar-refractivity contribution < 1.29 is 0 Å². The van der Waals surface area contributed by atoms with Gasteiger partial charge in [0.15, 0.2) is 11.4 Å². The molecule has 0 aliphatic heterocycles. The van der Waals surface area contributed by atoms with E-state index >= 15 is 0 Å². The summed E-state index contributed by atoms with van der Waals surface area (Å²) in [5.41, 5.74) is 1.50. The fraction of sp³-hybridized carbons (Fsp3) is 0.0588. The molecule has 0 aliphatic carbocycles. The Morgan fingerprint density at radius 3 is 2.12 bits per heavy atom. The zero-order chi connectivity index (χ0) is 17.1. The second-order valence-corrected chi connectivity index (χ2v) is 4.89. The summed E-state index contributed by atoms with van der Waals surface area (Å²) in [6, 6.07) is 15.8. The molecular weight excluding hydrogens is 304 g/mol. The van der Waals surface area contributed by atoms with Crippen LogP contribution in [0.4, 0.5) is 0 Å². The van der Waals surface area contributed by atoms with Crippen LogP contribution >= 0.6 is 0 Å². The Kier molecular flexibility index (Phi) is 3.84. The molecular formula is C17H10N6O. The molecule has 0 radical (unpaired) electrons. The summed E-state index contributed by atoms with van der Waals surface area (Å²) in [7, 11) is 1.52. The lowest BCUT2D eigenvalue weighted by atomic mass is 10.1. The zero-order valence-corrected chi connectivity index (χ0v) is 12.6. The molecule has 2 heterocycles. The van der Waals surface area contributed by atoms with Crippen LogP contribution < -0.4 is 5.56 Å². The van der Waals surface area contributed by atoms with Crippen LogP contribution in [-0.4, -0.2) is 19.7 Å². The molecule has 0 aliphatic rings. The highest BCUT2D eigenvalue weighted by Crippen LogP contribution is 2.28. The first kappa shape index (κ1) is 15.1. The molecule has 0 saturated heterocycles. The van der Waals surface area contributed by atoms with Gasteiger partial charge in [0.2, 0.25) is 0 Å². The molecule has 0 saturated carbocycles. The SMILES string of the molecule is Cn1nc(-c2nc(C#N)c(C#N)nc2-c2ccccc2)ccc1=O. The van der Waals surface area contributed by atoms with Crippen molar-refractivity contribution in [3.8, 4) is 34.8 Å². The molecule has 0 unspecified atom stereocenters. The summed E-state index contributed by atoms with van der Waals surface area (Å²) in [5, 5.41) is 22.6. The fourth-order valence-corrected chi connectivity index (χ4v) is 2.20. The minimum atomic E-state index is -0.262. The number of rotatable bonds is 2. The molecule has 0 amide bonds. The summed E-state index contributed by atoms with van der Waals surface area (Å²) in [6.07, 6.45) is 0. The second kappa shape index (κ2) is 6.11.